The molecule has 0 radical (unpaired) electrons. The van der Waals surface area contributed by atoms with Gasteiger partial charge in [-0.05, 0) is 26.3 Å². The second-order valence-corrected chi connectivity index (χ2v) is 7.21. The standard InChI is InChI=1S/C18H23N3OS/c1-13-17(14-7-3-2-4-8-14)21-16(23-13)10-12-20-18(22)15-9-5-6-11-19-15/h2-4,7-8,15,19H,5-6,9-12H2,1H3,(H,20,22)/t15-/m1/s1. The summed E-state index contributed by atoms with van der Waals surface area (Å²) in [5, 5.41) is 7.39. The van der Waals surface area contributed by atoms with Crippen molar-refractivity contribution in [1.29, 1.82) is 0 Å². The fraction of sp³-hybridized carbons (Fsp3) is 0.444. The molecule has 122 valence electrons. The molecular weight excluding hydrogens is 306 g/mol. The zero-order valence-electron chi connectivity index (χ0n) is 13.5. The SMILES string of the molecule is Cc1sc(CCNC(=O)[C@H]2CCCCN2)nc1-c1ccccc1. The van der Waals surface area contributed by atoms with Crippen molar-refractivity contribution in [2.24, 2.45) is 0 Å². The number of carbonyl (C=O) groups is 1. The molecule has 1 amide bonds. The average molecular weight is 329 g/mol. The zero-order chi connectivity index (χ0) is 16.1. The number of carbonyl (C=O) groups excluding carboxylic acids is 1. The number of hydrogen-bond acceptors (Lipinski definition) is 4. The van der Waals surface area contributed by atoms with Crippen molar-refractivity contribution in [3.63, 3.8) is 0 Å². The van der Waals surface area contributed by atoms with Gasteiger partial charge in [-0.2, -0.15) is 0 Å². The number of nitrogens with zero attached hydrogens (tertiary/aromatic N) is 1. The highest BCUT2D eigenvalue weighted by Crippen LogP contribution is 2.27. The monoisotopic (exact) mass is 329 g/mol. The lowest BCUT2D eigenvalue weighted by Gasteiger charge is -2.22. The molecule has 0 unspecified atom stereocenters. The minimum atomic E-state index is -0.0124. The summed E-state index contributed by atoms with van der Waals surface area (Å²) in [7, 11) is 0. The van der Waals surface area contributed by atoms with Gasteiger partial charge in [0, 0.05) is 23.4 Å². The third-order valence-electron chi connectivity index (χ3n) is 4.15. The Kier molecular flexibility index (Phi) is 5.41. The van der Waals surface area contributed by atoms with Crippen LogP contribution in [0.4, 0.5) is 0 Å². The highest BCUT2D eigenvalue weighted by atomic mass is 32.1. The van der Waals surface area contributed by atoms with Crippen LogP contribution in [0.2, 0.25) is 0 Å². The van der Waals surface area contributed by atoms with Gasteiger partial charge in [-0.25, -0.2) is 4.98 Å². The summed E-state index contributed by atoms with van der Waals surface area (Å²) < 4.78 is 0. The van der Waals surface area contributed by atoms with Gasteiger partial charge in [-0.3, -0.25) is 4.79 Å². The second-order valence-electron chi connectivity index (χ2n) is 5.92. The van der Waals surface area contributed by atoms with Gasteiger partial charge in [0.2, 0.25) is 5.91 Å². The number of aryl methyl sites for hydroxylation is 1. The summed E-state index contributed by atoms with van der Waals surface area (Å²) in [6.45, 7) is 3.70. The van der Waals surface area contributed by atoms with Gasteiger partial charge in [0.15, 0.2) is 0 Å². The normalized spacial score (nSPS) is 17.9. The number of piperidine rings is 1. The predicted octanol–water partition coefficient (Wildman–Crippen LogP) is 2.92. The zero-order valence-corrected chi connectivity index (χ0v) is 14.3. The van der Waals surface area contributed by atoms with Gasteiger partial charge in [0.05, 0.1) is 16.7 Å². The van der Waals surface area contributed by atoms with E-state index in [-0.39, 0.29) is 11.9 Å². The summed E-state index contributed by atoms with van der Waals surface area (Å²) in [5.74, 6) is 0.126. The lowest BCUT2D eigenvalue weighted by Crippen LogP contribution is -2.47. The molecular formula is C18H23N3OS. The van der Waals surface area contributed by atoms with Gasteiger partial charge < -0.3 is 10.6 Å². The topological polar surface area (TPSA) is 54.0 Å². The molecule has 1 aromatic carbocycles. The van der Waals surface area contributed by atoms with Crippen LogP contribution in [0.3, 0.4) is 0 Å². The average Bonchev–Trinajstić information content (AvgIpc) is 2.97. The molecule has 5 heteroatoms. The molecule has 4 nitrogen and oxygen atoms in total. The van der Waals surface area contributed by atoms with E-state index in [1.807, 2.05) is 18.2 Å². The molecule has 1 aliphatic rings. The third kappa shape index (κ3) is 4.18. The van der Waals surface area contributed by atoms with Crippen LogP contribution in [-0.4, -0.2) is 30.0 Å². The molecule has 1 saturated heterocycles. The van der Waals surface area contributed by atoms with Crippen molar-refractivity contribution in [3.8, 4) is 11.3 Å². The van der Waals surface area contributed by atoms with Crippen LogP contribution < -0.4 is 10.6 Å². The van der Waals surface area contributed by atoms with E-state index in [9.17, 15) is 4.79 Å². The summed E-state index contributed by atoms with van der Waals surface area (Å²) in [6.07, 6.45) is 4.04. The number of amides is 1. The first-order valence-electron chi connectivity index (χ1n) is 8.27. The molecule has 3 rings (SSSR count). The third-order valence-corrected chi connectivity index (χ3v) is 5.18. The summed E-state index contributed by atoms with van der Waals surface area (Å²) in [6, 6.07) is 10.2. The maximum atomic E-state index is 12.1. The lowest BCUT2D eigenvalue weighted by atomic mass is 10.0. The Hall–Kier alpha value is -1.72. The number of hydrogen-bond donors (Lipinski definition) is 2. The molecule has 0 saturated carbocycles. The highest BCUT2D eigenvalue weighted by molar-refractivity contribution is 7.12. The maximum absolute atomic E-state index is 12.1. The van der Waals surface area contributed by atoms with E-state index in [0.29, 0.717) is 6.54 Å². The van der Waals surface area contributed by atoms with E-state index in [2.05, 4.69) is 29.7 Å². The van der Waals surface area contributed by atoms with Gasteiger partial charge in [0.25, 0.3) is 0 Å². The van der Waals surface area contributed by atoms with E-state index < -0.39 is 0 Å². The molecule has 0 aliphatic carbocycles. The van der Waals surface area contributed by atoms with Gasteiger partial charge in [0.1, 0.15) is 0 Å². The summed E-state index contributed by atoms with van der Waals surface area (Å²) in [4.78, 5) is 18.1. The Morgan fingerprint density at radius 3 is 2.91 bits per heavy atom. The molecule has 1 fully saturated rings. The number of benzene rings is 1. The smallest absolute Gasteiger partial charge is 0.237 e. The Labute approximate surface area is 141 Å². The molecule has 1 atom stereocenters. The molecule has 0 bridgehead atoms. The van der Waals surface area contributed by atoms with Crippen molar-refractivity contribution in [2.75, 3.05) is 13.1 Å². The van der Waals surface area contributed by atoms with Crippen molar-refractivity contribution in [2.45, 2.75) is 38.6 Å². The van der Waals surface area contributed by atoms with Crippen LogP contribution >= 0.6 is 11.3 Å². The van der Waals surface area contributed by atoms with E-state index in [0.717, 1.165) is 42.1 Å². The summed E-state index contributed by atoms with van der Waals surface area (Å²) >= 11 is 1.72. The molecule has 1 aromatic heterocycles. The molecule has 2 N–H and O–H groups in total. The first-order valence-corrected chi connectivity index (χ1v) is 9.08. The minimum absolute atomic E-state index is 0.0124. The lowest BCUT2D eigenvalue weighted by molar-refractivity contribution is -0.123. The molecule has 1 aliphatic heterocycles. The predicted molar refractivity (Wildman–Crippen MR) is 94.6 cm³/mol. The number of nitrogens with one attached hydrogen (secondary N) is 2. The number of thiazole rings is 1. The molecule has 23 heavy (non-hydrogen) atoms. The van der Waals surface area contributed by atoms with E-state index in [4.69, 9.17) is 4.98 Å². The second kappa shape index (κ2) is 7.70. The number of rotatable bonds is 5. The van der Waals surface area contributed by atoms with Crippen LogP contribution in [0.5, 0.6) is 0 Å². The Morgan fingerprint density at radius 1 is 1.35 bits per heavy atom. The van der Waals surface area contributed by atoms with Gasteiger partial charge in [-0.15, -0.1) is 11.3 Å². The first-order chi connectivity index (χ1) is 11.2. The van der Waals surface area contributed by atoms with E-state index in [1.54, 1.807) is 11.3 Å². The van der Waals surface area contributed by atoms with Crippen molar-refractivity contribution in [1.82, 2.24) is 15.6 Å². The number of aromatic nitrogens is 1. The maximum Gasteiger partial charge on any atom is 0.237 e. The minimum Gasteiger partial charge on any atom is -0.354 e. The van der Waals surface area contributed by atoms with Crippen molar-refractivity contribution >= 4 is 17.2 Å². The van der Waals surface area contributed by atoms with Gasteiger partial charge >= 0.3 is 0 Å². The quantitative estimate of drug-likeness (QED) is 0.887. The summed E-state index contributed by atoms with van der Waals surface area (Å²) in [5.41, 5.74) is 2.22. The van der Waals surface area contributed by atoms with Crippen LogP contribution in [-0.2, 0) is 11.2 Å². The first kappa shape index (κ1) is 16.1. The van der Waals surface area contributed by atoms with Crippen LogP contribution in [0.25, 0.3) is 11.3 Å². The Balaban J connectivity index is 1.54. The van der Waals surface area contributed by atoms with E-state index in [1.165, 1.54) is 11.3 Å². The largest absolute Gasteiger partial charge is 0.354 e. The Bertz CT molecular complexity index is 648. The molecule has 0 spiro atoms. The van der Waals surface area contributed by atoms with Gasteiger partial charge in [-0.1, -0.05) is 36.8 Å². The molecule has 2 heterocycles. The fourth-order valence-corrected chi connectivity index (χ4v) is 3.87. The highest BCUT2D eigenvalue weighted by Gasteiger charge is 2.20. The van der Waals surface area contributed by atoms with E-state index >= 15 is 0 Å². The van der Waals surface area contributed by atoms with Crippen molar-refractivity contribution < 1.29 is 4.79 Å². The molecule has 2 aromatic rings. The van der Waals surface area contributed by atoms with Crippen LogP contribution in [0.1, 0.15) is 29.1 Å². The Morgan fingerprint density at radius 2 is 2.17 bits per heavy atom. The van der Waals surface area contributed by atoms with Crippen molar-refractivity contribution in [3.05, 3.63) is 40.2 Å². The van der Waals surface area contributed by atoms with Crippen LogP contribution in [0, 0.1) is 6.92 Å². The fourth-order valence-electron chi connectivity index (χ4n) is 2.91. The van der Waals surface area contributed by atoms with Crippen LogP contribution in [0.15, 0.2) is 30.3 Å².